The van der Waals surface area contributed by atoms with Crippen LogP contribution in [0.3, 0.4) is 0 Å². The molecule has 0 aliphatic rings. The molecule has 0 aliphatic carbocycles. The fourth-order valence-electron chi connectivity index (χ4n) is 3.26. The Morgan fingerprint density at radius 2 is 0.629 bits per heavy atom. The summed E-state index contributed by atoms with van der Waals surface area (Å²) in [7, 11) is 0. The summed E-state index contributed by atoms with van der Waals surface area (Å²) in [4.78, 5) is 12.1. The largest absolute Gasteiger partial charge is 3.00 e. The molecule has 0 radical (unpaired) electrons. The Kier molecular flexibility index (Phi) is 10.5. The van der Waals surface area contributed by atoms with Crippen LogP contribution >= 0.6 is 0 Å². The molecule has 3 aromatic carbocycles. The van der Waals surface area contributed by atoms with Crippen molar-refractivity contribution < 1.29 is 15.3 Å². The van der Waals surface area contributed by atoms with E-state index in [1.807, 2.05) is 54.6 Å². The average molecular weight is 489 g/mol. The van der Waals surface area contributed by atoms with Gasteiger partial charge in [0.25, 0.3) is 0 Å². The minimum atomic E-state index is 0. The van der Waals surface area contributed by atoms with Crippen LogP contribution in [0.25, 0.3) is 32.7 Å². The molecular weight excluding hydrogens is 468 g/mol. The second kappa shape index (κ2) is 13.3. The summed E-state index contributed by atoms with van der Waals surface area (Å²) >= 11 is 0. The van der Waals surface area contributed by atoms with Crippen molar-refractivity contribution in [2.45, 2.75) is 0 Å². The van der Waals surface area contributed by atoms with Gasteiger partial charge in [0.05, 0.1) is 0 Å². The third-order valence-corrected chi connectivity index (χ3v) is 4.83. The van der Waals surface area contributed by atoms with Crippen LogP contribution in [0.2, 0.25) is 0 Å². The van der Waals surface area contributed by atoms with Crippen molar-refractivity contribution in [2.75, 3.05) is 0 Å². The molecule has 3 heterocycles. The van der Waals surface area contributed by atoms with Gasteiger partial charge in [-0.1, -0.05) is 54.6 Å². The molecule has 0 unspecified atom stereocenters. The summed E-state index contributed by atoms with van der Waals surface area (Å²) in [5.41, 5.74) is 1.99. The number of nitrogens with zero attached hydrogens (tertiary/aromatic N) is 3. The van der Waals surface area contributed by atoms with E-state index in [1.165, 1.54) is 0 Å². The van der Waals surface area contributed by atoms with Crippen LogP contribution in [0.4, 0.5) is 0 Å². The van der Waals surface area contributed by atoms with Gasteiger partial charge in [0.2, 0.25) is 0 Å². The number of para-hydroxylation sites is 3. The molecule has 3 N–H and O–H groups in total. The molecule has 0 saturated carbocycles. The molecule has 0 aliphatic heterocycles. The van der Waals surface area contributed by atoms with Gasteiger partial charge in [0, 0.05) is 34.7 Å². The van der Waals surface area contributed by atoms with Crippen LogP contribution in [0.1, 0.15) is 0 Å². The topological polar surface area (TPSA) is 99.4 Å². The van der Waals surface area contributed by atoms with Crippen molar-refractivity contribution in [1.29, 1.82) is 0 Å². The number of hydrogen-bond acceptors (Lipinski definition) is 6. The molecule has 0 bridgehead atoms. The first-order chi connectivity index (χ1) is 16.1. The van der Waals surface area contributed by atoms with Gasteiger partial charge in [0.1, 0.15) is 33.8 Å². The monoisotopic (exact) mass is 489 g/mol. The van der Waals surface area contributed by atoms with Crippen LogP contribution < -0.4 is 0 Å². The minimum absolute atomic E-state index is 0. The van der Waals surface area contributed by atoms with Crippen molar-refractivity contribution in [3.8, 4) is 17.2 Å². The van der Waals surface area contributed by atoms with Gasteiger partial charge in [-0.2, -0.15) is 0 Å². The van der Waals surface area contributed by atoms with Crippen LogP contribution in [0, 0.1) is 0 Å². The van der Waals surface area contributed by atoms with E-state index < -0.39 is 0 Å². The van der Waals surface area contributed by atoms with Crippen molar-refractivity contribution in [2.24, 2.45) is 0 Å². The number of pyridine rings is 3. The third kappa shape index (κ3) is 6.93. The summed E-state index contributed by atoms with van der Waals surface area (Å²) < 4.78 is 0. The average Bonchev–Trinajstić information content (AvgIpc) is 2.86. The molecule has 162 valence electrons. The SMILES string of the molecule is Oc1cccc2cccnc12.Oc1cccc2cccnc12.Oc1cccc2cccnc12.[Al+3].[Al+3]. The van der Waals surface area contributed by atoms with E-state index in [2.05, 4.69) is 15.0 Å². The maximum absolute atomic E-state index is 9.31. The zero-order valence-corrected chi connectivity index (χ0v) is 21.0. The zero-order valence-electron chi connectivity index (χ0n) is 18.7. The van der Waals surface area contributed by atoms with Gasteiger partial charge in [-0.05, 0) is 36.4 Å². The van der Waals surface area contributed by atoms with E-state index in [0.717, 1.165) is 16.2 Å². The van der Waals surface area contributed by atoms with E-state index in [0.29, 0.717) is 16.6 Å². The second-order valence-corrected chi connectivity index (χ2v) is 7.06. The molecular formula is C27H21Al2N3O3+6. The first-order valence-electron chi connectivity index (χ1n) is 10.2. The number of aromatic nitrogens is 3. The Bertz CT molecular complexity index is 1330. The Labute approximate surface area is 223 Å². The molecule has 0 spiro atoms. The fraction of sp³-hybridized carbons (Fsp3) is 0. The summed E-state index contributed by atoms with van der Waals surface area (Å²) in [5.74, 6) is 0.717. The van der Waals surface area contributed by atoms with Gasteiger partial charge in [-0.3, -0.25) is 15.0 Å². The number of rotatable bonds is 0. The van der Waals surface area contributed by atoms with Crippen molar-refractivity contribution >= 4 is 67.4 Å². The summed E-state index contributed by atoms with van der Waals surface area (Å²) in [6, 6.07) is 27.4. The molecule has 6 nitrogen and oxygen atoms in total. The molecule has 8 heteroatoms. The number of aromatic hydroxyl groups is 3. The molecule has 6 aromatic rings. The summed E-state index contributed by atoms with van der Waals surface area (Å²) in [6.45, 7) is 0. The quantitative estimate of drug-likeness (QED) is 0.258. The molecule has 35 heavy (non-hydrogen) atoms. The van der Waals surface area contributed by atoms with Crippen LogP contribution in [0.5, 0.6) is 17.2 Å². The van der Waals surface area contributed by atoms with Crippen molar-refractivity contribution in [3.63, 3.8) is 0 Å². The second-order valence-electron chi connectivity index (χ2n) is 7.06. The number of benzene rings is 3. The van der Waals surface area contributed by atoms with Gasteiger partial charge < -0.3 is 15.3 Å². The van der Waals surface area contributed by atoms with E-state index in [1.54, 1.807) is 55.0 Å². The van der Waals surface area contributed by atoms with Crippen LogP contribution in [-0.2, 0) is 0 Å². The Hall–Kier alpha value is -3.65. The van der Waals surface area contributed by atoms with Crippen molar-refractivity contribution in [3.05, 3.63) is 110 Å². The summed E-state index contributed by atoms with van der Waals surface area (Å²) in [6.07, 6.45) is 5.01. The first-order valence-corrected chi connectivity index (χ1v) is 10.2. The maximum atomic E-state index is 9.31. The molecule has 0 amide bonds. The zero-order chi connectivity index (χ0) is 23.0. The number of phenolic OH excluding ortho intramolecular Hbond substituents is 3. The Balaban J connectivity index is 0.000000180. The van der Waals surface area contributed by atoms with Gasteiger partial charge in [-0.25, -0.2) is 0 Å². The third-order valence-electron chi connectivity index (χ3n) is 4.83. The van der Waals surface area contributed by atoms with Crippen molar-refractivity contribution in [1.82, 2.24) is 15.0 Å². The van der Waals surface area contributed by atoms with E-state index in [4.69, 9.17) is 0 Å². The van der Waals surface area contributed by atoms with Crippen LogP contribution in [-0.4, -0.2) is 65.0 Å². The number of hydrogen-bond donors (Lipinski definition) is 3. The van der Waals surface area contributed by atoms with E-state index >= 15 is 0 Å². The Morgan fingerprint density at radius 3 is 0.886 bits per heavy atom. The van der Waals surface area contributed by atoms with Gasteiger partial charge >= 0.3 is 34.7 Å². The number of fused-ring (bicyclic) bond motifs is 3. The first kappa shape index (κ1) is 27.6. The van der Waals surface area contributed by atoms with Crippen LogP contribution in [0.15, 0.2) is 110 Å². The van der Waals surface area contributed by atoms with E-state index in [9.17, 15) is 15.3 Å². The fourth-order valence-corrected chi connectivity index (χ4v) is 3.26. The smallest absolute Gasteiger partial charge is 0.506 e. The normalized spacial score (nSPS) is 9.60. The predicted molar refractivity (Wildman–Crippen MR) is 142 cm³/mol. The molecule has 6 rings (SSSR count). The molecule has 0 fully saturated rings. The van der Waals surface area contributed by atoms with Gasteiger partial charge in [0.15, 0.2) is 0 Å². The standard InChI is InChI=1S/3C9H7NO.2Al/c3*11-8-5-1-3-7-4-2-6-10-9(7)8;;/h3*1-6,11H;;/q;;;2*+3. The number of phenols is 3. The molecule has 3 aromatic heterocycles. The molecule has 0 saturated heterocycles. The molecule has 0 atom stereocenters. The predicted octanol–water partition coefficient (Wildman–Crippen LogP) is 5.06. The Morgan fingerprint density at radius 1 is 0.371 bits per heavy atom. The maximum Gasteiger partial charge on any atom is 3.00 e. The minimum Gasteiger partial charge on any atom is -0.506 e. The van der Waals surface area contributed by atoms with Gasteiger partial charge in [-0.15, -0.1) is 0 Å². The van der Waals surface area contributed by atoms with E-state index in [-0.39, 0.29) is 52.0 Å². The summed E-state index contributed by atoms with van der Waals surface area (Å²) in [5, 5.41) is 30.8.